The maximum absolute atomic E-state index is 11.4. The van der Waals surface area contributed by atoms with Gasteiger partial charge in [0.05, 0.1) is 18.1 Å². The molecule has 2 heterocycles. The lowest BCUT2D eigenvalue weighted by molar-refractivity contribution is 0.0514. The highest BCUT2D eigenvalue weighted by Gasteiger charge is 2.16. The number of methoxy groups -OCH3 is 1. The molecule has 6 nitrogen and oxygen atoms in total. The van der Waals surface area contributed by atoms with Gasteiger partial charge in [-0.25, -0.2) is 9.78 Å². The van der Waals surface area contributed by atoms with Crippen LogP contribution in [0, 0.1) is 0 Å². The van der Waals surface area contributed by atoms with Crippen molar-refractivity contribution in [3.8, 4) is 10.6 Å². The first-order valence-corrected chi connectivity index (χ1v) is 6.14. The SMILES string of the molecule is CCOC(=O)c1cc(-c2cnc(COC)s2)on1. The summed E-state index contributed by atoms with van der Waals surface area (Å²) >= 11 is 1.43. The van der Waals surface area contributed by atoms with E-state index in [-0.39, 0.29) is 5.69 Å². The highest BCUT2D eigenvalue weighted by Crippen LogP contribution is 2.27. The molecule has 2 rings (SSSR count). The lowest BCUT2D eigenvalue weighted by atomic mass is 10.3. The third-order valence-corrected chi connectivity index (χ3v) is 3.04. The van der Waals surface area contributed by atoms with Crippen LogP contribution < -0.4 is 0 Å². The van der Waals surface area contributed by atoms with Crippen LogP contribution in [0.4, 0.5) is 0 Å². The minimum Gasteiger partial charge on any atom is -0.461 e. The number of aromatic nitrogens is 2. The van der Waals surface area contributed by atoms with Gasteiger partial charge in [0.15, 0.2) is 11.5 Å². The van der Waals surface area contributed by atoms with Crippen molar-refractivity contribution in [3.05, 3.63) is 23.0 Å². The van der Waals surface area contributed by atoms with Crippen LogP contribution in [0.5, 0.6) is 0 Å². The predicted molar refractivity (Wildman–Crippen MR) is 64.3 cm³/mol. The van der Waals surface area contributed by atoms with Crippen molar-refractivity contribution >= 4 is 17.3 Å². The highest BCUT2D eigenvalue weighted by atomic mass is 32.1. The summed E-state index contributed by atoms with van der Waals surface area (Å²) in [6.45, 7) is 2.49. The maximum atomic E-state index is 11.4. The maximum Gasteiger partial charge on any atom is 0.360 e. The smallest absolute Gasteiger partial charge is 0.360 e. The quantitative estimate of drug-likeness (QED) is 0.773. The Bertz CT molecular complexity index is 535. The summed E-state index contributed by atoms with van der Waals surface area (Å²) in [6.07, 6.45) is 1.66. The Morgan fingerprint density at radius 3 is 3.11 bits per heavy atom. The minimum absolute atomic E-state index is 0.161. The van der Waals surface area contributed by atoms with Gasteiger partial charge in [-0.1, -0.05) is 5.16 Å². The Kier molecular flexibility index (Phi) is 4.06. The molecular weight excluding hydrogens is 256 g/mol. The van der Waals surface area contributed by atoms with Crippen molar-refractivity contribution < 1.29 is 18.8 Å². The second-order valence-corrected chi connectivity index (χ2v) is 4.46. The van der Waals surface area contributed by atoms with E-state index in [1.807, 2.05) is 0 Å². The summed E-state index contributed by atoms with van der Waals surface area (Å²) in [5, 5.41) is 4.50. The standard InChI is InChI=1S/C11H12N2O4S/c1-3-16-11(14)7-4-8(17-13-7)9-5-12-10(18-9)6-15-2/h4-5H,3,6H2,1-2H3. The molecule has 0 bridgehead atoms. The fourth-order valence-corrected chi connectivity index (χ4v) is 2.15. The topological polar surface area (TPSA) is 74.5 Å². The second kappa shape index (κ2) is 5.74. The zero-order valence-electron chi connectivity index (χ0n) is 10.0. The van der Waals surface area contributed by atoms with Crippen molar-refractivity contribution in [1.82, 2.24) is 10.1 Å². The highest BCUT2D eigenvalue weighted by molar-refractivity contribution is 7.15. The third-order valence-electron chi connectivity index (χ3n) is 2.06. The molecule has 7 heteroatoms. The van der Waals surface area contributed by atoms with Crippen LogP contribution in [0.25, 0.3) is 10.6 Å². The lowest BCUT2D eigenvalue weighted by Gasteiger charge is -1.94. The first-order valence-electron chi connectivity index (χ1n) is 5.32. The zero-order valence-corrected chi connectivity index (χ0v) is 10.8. The van der Waals surface area contributed by atoms with E-state index >= 15 is 0 Å². The summed E-state index contributed by atoms with van der Waals surface area (Å²) in [4.78, 5) is 16.4. The molecule has 0 N–H and O–H groups in total. The molecule has 96 valence electrons. The molecule has 0 amide bonds. The van der Waals surface area contributed by atoms with Crippen molar-refractivity contribution in [3.63, 3.8) is 0 Å². The molecule has 0 aromatic carbocycles. The largest absolute Gasteiger partial charge is 0.461 e. The summed E-state index contributed by atoms with van der Waals surface area (Å²) in [7, 11) is 1.61. The molecule has 2 aromatic heterocycles. The van der Waals surface area contributed by atoms with E-state index in [0.717, 1.165) is 9.88 Å². The normalized spacial score (nSPS) is 10.6. The summed E-state index contributed by atoms with van der Waals surface area (Å²) in [5.74, 6) is 0.00652. The molecule has 0 saturated heterocycles. The second-order valence-electron chi connectivity index (χ2n) is 3.35. The van der Waals surface area contributed by atoms with Crippen LogP contribution in [0.2, 0.25) is 0 Å². The monoisotopic (exact) mass is 268 g/mol. The fraction of sp³-hybridized carbons (Fsp3) is 0.364. The average Bonchev–Trinajstić information content (AvgIpc) is 2.97. The van der Waals surface area contributed by atoms with Gasteiger partial charge in [0.1, 0.15) is 5.01 Å². The van der Waals surface area contributed by atoms with Gasteiger partial charge >= 0.3 is 5.97 Å². The zero-order chi connectivity index (χ0) is 13.0. The van der Waals surface area contributed by atoms with Gasteiger partial charge in [-0.3, -0.25) is 0 Å². The van der Waals surface area contributed by atoms with Gasteiger partial charge in [-0.15, -0.1) is 11.3 Å². The molecule has 0 saturated carbocycles. The predicted octanol–water partition coefficient (Wildman–Crippen LogP) is 2.12. The van der Waals surface area contributed by atoms with Crippen LogP contribution >= 0.6 is 11.3 Å². The van der Waals surface area contributed by atoms with E-state index < -0.39 is 5.97 Å². The van der Waals surface area contributed by atoms with Crippen molar-refractivity contribution in [1.29, 1.82) is 0 Å². The molecule has 0 aliphatic heterocycles. The minimum atomic E-state index is -0.492. The first kappa shape index (κ1) is 12.7. The molecule has 18 heavy (non-hydrogen) atoms. The number of rotatable bonds is 5. The number of ether oxygens (including phenoxy) is 2. The average molecular weight is 268 g/mol. The summed E-state index contributed by atoms with van der Waals surface area (Å²) < 4.78 is 14.9. The molecule has 0 fully saturated rings. The van der Waals surface area contributed by atoms with Crippen molar-refractivity contribution in [2.75, 3.05) is 13.7 Å². The van der Waals surface area contributed by atoms with E-state index in [9.17, 15) is 4.79 Å². The van der Waals surface area contributed by atoms with E-state index in [1.165, 1.54) is 11.3 Å². The molecule has 0 spiro atoms. The van der Waals surface area contributed by atoms with E-state index in [1.54, 1.807) is 26.3 Å². The van der Waals surface area contributed by atoms with Gasteiger partial charge in [0.25, 0.3) is 0 Å². The van der Waals surface area contributed by atoms with Gasteiger partial charge in [-0.05, 0) is 6.92 Å². The van der Waals surface area contributed by atoms with Crippen LogP contribution in [0.1, 0.15) is 22.4 Å². The van der Waals surface area contributed by atoms with Crippen LogP contribution in [-0.2, 0) is 16.1 Å². The Morgan fingerprint density at radius 1 is 1.56 bits per heavy atom. The molecule has 0 unspecified atom stereocenters. The van der Waals surface area contributed by atoms with Gasteiger partial charge in [0.2, 0.25) is 0 Å². The van der Waals surface area contributed by atoms with Crippen molar-refractivity contribution in [2.24, 2.45) is 0 Å². The lowest BCUT2D eigenvalue weighted by Crippen LogP contribution is -2.04. The van der Waals surface area contributed by atoms with E-state index in [0.29, 0.717) is 19.0 Å². The number of esters is 1. The van der Waals surface area contributed by atoms with Gasteiger partial charge in [0, 0.05) is 19.4 Å². The van der Waals surface area contributed by atoms with E-state index in [4.69, 9.17) is 14.0 Å². The fourth-order valence-electron chi connectivity index (χ4n) is 1.31. The third kappa shape index (κ3) is 2.74. The van der Waals surface area contributed by atoms with Crippen LogP contribution in [0.3, 0.4) is 0 Å². The molecule has 0 radical (unpaired) electrons. The molecule has 0 atom stereocenters. The Hall–Kier alpha value is -1.73. The van der Waals surface area contributed by atoms with Gasteiger partial charge < -0.3 is 14.0 Å². The molecule has 0 aliphatic carbocycles. The van der Waals surface area contributed by atoms with Gasteiger partial charge in [-0.2, -0.15) is 0 Å². The van der Waals surface area contributed by atoms with Crippen molar-refractivity contribution in [2.45, 2.75) is 13.5 Å². The number of thiazole rings is 1. The Morgan fingerprint density at radius 2 is 2.39 bits per heavy atom. The van der Waals surface area contributed by atoms with E-state index in [2.05, 4.69) is 10.1 Å². The number of hydrogen-bond donors (Lipinski definition) is 0. The molecular formula is C11H12N2O4S. The van der Waals surface area contributed by atoms with Crippen LogP contribution in [-0.4, -0.2) is 29.8 Å². The number of carbonyl (C=O) groups is 1. The Balaban J connectivity index is 2.15. The summed E-state index contributed by atoms with van der Waals surface area (Å²) in [6, 6.07) is 1.54. The first-order chi connectivity index (χ1) is 8.74. The number of hydrogen-bond acceptors (Lipinski definition) is 7. The number of nitrogens with zero attached hydrogens (tertiary/aromatic N) is 2. The molecule has 0 aliphatic rings. The summed E-state index contributed by atoms with van der Waals surface area (Å²) in [5.41, 5.74) is 0.161. The Labute approximate surface area is 108 Å². The van der Waals surface area contributed by atoms with Crippen LogP contribution in [0.15, 0.2) is 16.8 Å². The number of carbonyl (C=O) groups excluding carboxylic acids is 1. The molecule has 2 aromatic rings.